The van der Waals surface area contributed by atoms with E-state index in [1.165, 1.54) is 23.5 Å². The monoisotopic (exact) mass is 500 g/mol. The minimum atomic E-state index is -3.80. The van der Waals surface area contributed by atoms with Gasteiger partial charge < -0.3 is 14.8 Å². The van der Waals surface area contributed by atoms with Gasteiger partial charge in [0.15, 0.2) is 5.75 Å². The Morgan fingerprint density at radius 3 is 2.35 bits per heavy atom. The minimum absolute atomic E-state index is 0.0254. The topological polar surface area (TPSA) is 84.9 Å². The summed E-state index contributed by atoms with van der Waals surface area (Å²) in [6.45, 7) is 0.441. The van der Waals surface area contributed by atoms with Crippen molar-refractivity contribution >= 4 is 33.2 Å². The van der Waals surface area contributed by atoms with Crippen LogP contribution in [-0.4, -0.2) is 38.8 Å². The number of para-hydroxylation sites is 3. The van der Waals surface area contributed by atoms with E-state index >= 15 is 0 Å². The van der Waals surface area contributed by atoms with Crippen molar-refractivity contribution < 1.29 is 22.7 Å². The van der Waals surface area contributed by atoms with Crippen LogP contribution < -0.4 is 14.8 Å². The van der Waals surface area contributed by atoms with Crippen molar-refractivity contribution in [1.29, 1.82) is 0 Å². The molecular formula is C25H25ClN2O5S. The van der Waals surface area contributed by atoms with Crippen LogP contribution in [-0.2, 0) is 14.8 Å². The van der Waals surface area contributed by atoms with E-state index in [1.807, 2.05) is 42.5 Å². The number of nitrogens with one attached hydrogen (secondary N) is 1. The van der Waals surface area contributed by atoms with Crippen molar-refractivity contribution in [2.45, 2.75) is 17.7 Å². The Morgan fingerprint density at radius 1 is 0.971 bits per heavy atom. The number of sulfonamides is 1. The zero-order valence-corrected chi connectivity index (χ0v) is 20.2. The van der Waals surface area contributed by atoms with Crippen molar-refractivity contribution in [2.24, 2.45) is 5.92 Å². The molecule has 3 aromatic carbocycles. The Morgan fingerprint density at radius 2 is 1.65 bits per heavy atom. The van der Waals surface area contributed by atoms with E-state index in [2.05, 4.69) is 5.32 Å². The number of carbonyl (C=O) groups is 1. The lowest BCUT2D eigenvalue weighted by atomic mass is 9.97. The van der Waals surface area contributed by atoms with Crippen LogP contribution >= 0.6 is 11.6 Å². The van der Waals surface area contributed by atoms with Gasteiger partial charge in [-0.1, -0.05) is 41.9 Å². The van der Waals surface area contributed by atoms with E-state index < -0.39 is 10.0 Å². The van der Waals surface area contributed by atoms with Gasteiger partial charge in [0.1, 0.15) is 16.4 Å². The Balaban J connectivity index is 1.42. The number of rotatable bonds is 7. The average molecular weight is 501 g/mol. The van der Waals surface area contributed by atoms with Crippen molar-refractivity contribution in [3.05, 3.63) is 77.8 Å². The van der Waals surface area contributed by atoms with Gasteiger partial charge in [0, 0.05) is 24.0 Å². The first-order valence-electron chi connectivity index (χ1n) is 10.8. The van der Waals surface area contributed by atoms with Crippen LogP contribution in [0, 0.1) is 5.92 Å². The second-order valence-electron chi connectivity index (χ2n) is 7.87. The number of ether oxygens (including phenoxy) is 2. The largest absolute Gasteiger partial charge is 0.495 e. The normalized spacial score (nSPS) is 15.0. The molecule has 1 N–H and O–H groups in total. The third kappa shape index (κ3) is 5.35. The number of piperidine rings is 1. The molecule has 0 atom stereocenters. The third-order valence-corrected chi connectivity index (χ3v) is 7.84. The molecule has 3 aromatic rings. The van der Waals surface area contributed by atoms with E-state index in [-0.39, 0.29) is 35.6 Å². The Bertz CT molecular complexity index is 1260. The highest BCUT2D eigenvalue weighted by Crippen LogP contribution is 2.33. The lowest BCUT2D eigenvalue weighted by Crippen LogP contribution is -2.41. The molecule has 1 heterocycles. The lowest BCUT2D eigenvalue weighted by molar-refractivity contribution is -0.120. The highest BCUT2D eigenvalue weighted by molar-refractivity contribution is 7.89. The summed E-state index contributed by atoms with van der Waals surface area (Å²) >= 11 is 6.02. The van der Waals surface area contributed by atoms with Crippen LogP contribution in [0.25, 0.3) is 0 Å². The van der Waals surface area contributed by atoms with Crippen molar-refractivity contribution in [1.82, 2.24) is 4.31 Å². The molecule has 0 unspecified atom stereocenters. The van der Waals surface area contributed by atoms with Gasteiger partial charge in [-0.3, -0.25) is 4.79 Å². The summed E-state index contributed by atoms with van der Waals surface area (Å²) < 4.78 is 38.9. The van der Waals surface area contributed by atoms with Gasteiger partial charge in [0.25, 0.3) is 0 Å². The van der Waals surface area contributed by atoms with Crippen LogP contribution in [0.3, 0.4) is 0 Å². The van der Waals surface area contributed by atoms with Gasteiger partial charge in [-0.05, 0) is 55.3 Å². The molecule has 34 heavy (non-hydrogen) atoms. The van der Waals surface area contributed by atoms with Gasteiger partial charge in [-0.2, -0.15) is 4.31 Å². The number of halogens is 1. The predicted molar refractivity (Wildman–Crippen MR) is 131 cm³/mol. The Kier molecular flexibility index (Phi) is 7.41. The van der Waals surface area contributed by atoms with Gasteiger partial charge >= 0.3 is 0 Å². The SMILES string of the molecule is COc1ccc(Cl)cc1S(=O)(=O)N1CCC(C(=O)Nc2ccccc2Oc2ccccc2)CC1. The second kappa shape index (κ2) is 10.5. The number of carbonyl (C=O) groups excluding carboxylic acids is 1. The first-order chi connectivity index (χ1) is 16.4. The van der Waals surface area contributed by atoms with Gasteiger partial charge in [0.2, 0.25) is 15.9 Å². The molecule has 0 bridgehead atoms. The molecule has 1 amide bonds. The predicted octanol–water partition coefficient (Wildman–Crippen LogP) is 5.18. The van der Waals surface area contributed by atoms with Crippen molar-refractivity contribution in [3.8, 4) is 17.2 Å². The maximum atomic E-state index is 13.2. The van der Waals surface area contributed by atoms with E-state index in [0.717, 1.165) is 0 Å². The quantitative estimate of drug-likeness (QED) is 0.483. The zero-order chi connectivity index (χ0) is 24.1. The zero-order valence-electron chi connectivity index (χ0n) is 18.6. The Labute approximate surface area is 204 Å². The van der Waals surface area contributed by atoms with Crippen LogP contribution in [0.2, 0.25) is 5.02 Å². The summed E-state index contributed by atoms with van der Waals surface area (Å²) in [5.41, 5.74) is 0.565. The lowest BCUT2D eigenvalue weighted by Gasteiger charge is -2.31. The number of anilines is 1. The highest BCUT2D eigenvalue weighted by Gasteiger charge is 2.34. The van der Waals surface area contributed by atoms with Crippen molar-refractivity contribution in [3.63, 3.8) is 0 Å². The summed E-state index contributed by atoms with van der Waals surface area (Å²) in [5, 5.41) is 3.25. The fraction of sp³-hybridized carbons (Fsp3) is 0.240. The van der Waals surface area contributed by atoms with E-state index in [9.17, 15) is 13.2 Å². The first-order valence-corrected chi connectivity index (χ1v) is 12.7. The fourth-order valence-corrected chi connectivity index (χ4v) is 5.75. The van der Waals surface area contributed by atoms with Crippen LogP contribution in [0.15, 0.2) is 77.7 Å². The van der Waals surface area contributed by atoms with Crippen LogP contribution in [0.5, 0.6) is 17.2 Å². The number of methoxy groups -OCH3 is 1. The summed E-state index contributed by atoms with van der Waals surface area (Å²) in [6.07, 6.45) is 0.797. The maximum absolute atomic E-state index is 13.2. The first kappa shape index (κ1) is 24.1. The summed E-state index contributed by atoms with van der Waals surface area (Å²) in [4.78, 5) is 13.0. The standard InChI is InChI=1S/C25H25ClN2O5S/c1-32-23-12-11-19(26)17-24(23)34(30,31)28-15-13-18(14-16-28)25(29)27-21-9-5-6-10-22(21)33-20-7-3-2-4-8-20/h2-12,17-18H,13-16H2,1H3,(H,27,29). The molecule has 1 aliphatic rings. The molecule has 1 aliphatic heterocycles. The number of nitrogens with zero attached hydrogens (tertiary/aromatic N) is 1. The van der Waals surface area contributed by atoms with Crippen LogP contribution in [0.4, 0.5) is 5.69 Å². The molecule has 7 nitrogen and oxygen atoms in total. The van der Waals surface area contributed by atoms with E-state index in [1.54, 1.807) is 18.2 Å². The summed E-state index contributed by atoms with van der Waals surface area (Å²) in [7, 11) is -2.39. The minimum Gasteiger partial charge on any atom is -0.495 e. The molecule has 0 aromatic heterocycles. The molecular weight excluding hydrogens is 476 g/mol. The molecule has 4 rings (SSSR count). The molecule has 0 spiro atoms. The molecule has 0 aliphatic carbocycles. The second-order valence-corrected chi connectivity index (χ2v) is 10.2. The van der Waals surface area contributed by atoms with Gasteiger partial charge in [-0.15, -0.1) is 0 Å². The summed E-state index contributed by atoms with van der Waals surface area (Å²) in [5.74, 6) is 0.951. The molecule has 1 fully saturated rings. The third-order valence-electron chi connectivity index (χ3n) is 5.68. The van der Waals surface area contributed by atoms with E-state index in [0.29, 0.717) is 35.1 Å². The molecule has 178 valence electrons. The summed E-state index contributed by atoms with van der Waals surface area (Å²) in [6, 6.07) is 21.0. The van der Waals surface area contributed by atoms with E-state index in [4.69, 9.17) is 21.1 Å². The van der Waals surface area contributed by atoms with Gasteiger partial charge in [-0.25, -0.2) is 8.42 Å². The molecule has 0 radical (unpaired) electrons. The molecule has 0 saturated carbocycles. The number of hydrogen-bond donors (Lipinski definition) is 1. The molecule has 1 saturated heterocycles. The van der Waals surface area contributed by atoms with Crippen LogP contribution in [0.1, 0.15) is 12.8 Å². The number of amides is 1. The van der Waals surface area contributed by atoms with Crippen molar-refractivity contribution in [2.75, 3.05) is 25.5 Å². The Hall–Kier alpha value is -3.07. The fourth-order valence-electron chi connectivity index (χ4n) is 3.86. The van der Waals surface area contributed by atoms with Gasteiger partial charge in [0.05, 0.1) is 12.8 Å². The number of benzene rings is 3. The molecule has 9 heteroatoms. The smallest absolute Gasteiger partial charge is 0.246 e. The highest BCUT2D eigenvalue weighted by atomic mass is 35.5. The maximum Gasteiger partial charge on any atom is 0.246 e. The number of hydrogen-bond acceptors (Lipinski definition) is 5. The average Bonchev–Trinajstić information content (AvgIpc) is 2.86.